The minimum Gasteiger partial charge on any atom is -0.508 e. The SMILES string of the molecule is [2H]c1c([2H])c([2H])c([C@H]2CCc3cc(O)ccc3[C@H]2c2ccc(N3CCC(CN4CCN(c5ccc6c(c5)CN([C@H]5CCC(=O)NC5=O)C6=O)CC4)CC3)cc2)c([2H])c1[2H]. The molecule has 5 aliphatic rings. The minimum atomic E-state index is -0.612. The summed E-state index contributed by atoms with van der Waals surface area (Å²) in [7, 11) is 0. The van der Waals surface area contributed by atoms with Crippen LogP contribution in [0.4, 0.5) is 11.4 Å². The Morgan fingerprint density at radius 1 is 0.722 bits per heavy atom. The first kappa shape index (κ1) is 29.2. The van der Waals surface area contributed by atoms with Crippen molar-refractivity contribution in [1.82, 2.24) is 15.1 Å². The van der Waals surface area contributed by atoms with Crippen molar-refractivity contribution in [2.45, 2.75) is 62.9 Å². The molecule has 0 aromatic heterocycles. The van der Waals surface area contributed by atoms with Crippen molar-refractivity contribution in [1.29, 1.82) is 0 Å². The Morgan fingerprint density at radius 3 is 2.22 bits per heavy atom. The third-order valence-corrected chi connectivity index (χ3v) is 12.5. The van der Waals surface area contributed by atoms with Crippen LogP contribution in [0.25, 0.3) is 0 Å². The first-order valence-corrected chi connectivity index (χ1v) is 19.4. The first-order chi connectivity index (χ1) is 28.4. The second-order valence-electron chi connectivity index (χ2n) is 15.6. The van der Waals surface area contributed by atoms with Gasteiger partial charge in [-0.25, -0.2) is 0 Å². The molecule has 4 aromatic rings. The molecule has 0 unspecified atom stereocenters. The highest BCUT2D eigenvalue weighted by atomic mass is 16.3. The predicted molar refractivity (Wildman–Crippen MR) is 210 cm³/mol. The van der Waals surface area contributed by atoms with Crippen LogP contribution in [-0.4, -0.2) is 84.5 Å². The lowest BCUT2D eigenvalue weighted by Crippen LogP contribution is -2.52. The molecular formula is C45H49N5O4. The molecule has 3 amide bonds. The van der Waals surface area contributed by atoms with E-state index in [0.29, 0.717) is 42.9 Å². The van der Waals surface area contributed by atoms with Gasteiger partial charge in [-0.1, -0.05) is 48.4 Å². The standard InChI is InChI=1S/C45H49N5O4/c51-37-12-15-39-33(27-37)8-13-38(31-4-2-1-3-5-31)43(39)32-6-9-35(10-7-32)48-20-18-30(19-21-48)28-47-22-24-49(25-23-47)36-11-14-40-34(26-36)29-50(45(40)54)41-16-17-42(52)46-44(41)53/h1-7,9-12,14-15,26-27,30,38,41,43,51H,8,13,16-25,28-29H2,(H,46,52,53)/t38-,41+,43+/m1/s1/i1D,2D,3D,4D,5D. The molecule has 3 saturated heterocycles. The number of fused-ring (bicyclic) bond motifs is 2. The van der Waals surface area contributed by atoms with E-state index in [1.54, 1.807) is 17.0 Å². The molecule has 0 radical (unpaired) electrons. The van der Waals surface area contributed by atoms with E-state index in [0.717, 1.165) is 92.3 Å². The van der Waals surface area contributed by atoms with E-state index >= 15 is 0 Å². The topological polar surface area (TPSA) is 96.4 Å². The average Bonchev–Trinajstić information content (AvgIpc) is 3.57. The molecule has 0 spiro atoms. The number of hydrogen-bond donors (Lipinski definition) is 2. The molecule has 4 aliphatic heterocycles. The van der Waals surface area contributed by atoms with Gasteiger partial charge in [0.05, 0.1) is 6.85 Å². The number of nitrogens with zero attached hydrogens (tertiary/aromatic N) is 4. The number of nitrogens with one attached hydrogen (secondary N) is 1. The Balaban J connectivity index is 0.810. The number of anilines is 2. The lowest BCUT2D eigenvalue weighted by atomic mass is 9.69. The second kappa shape index (κ2) is 14.6. The van der Waals surface area contributed by atoms with E-state index in [2.05, 4.69) is 50.3 Å². The van der Waals surface area contributed by atoms with Crippen LogP contribution in [0.3, 0.4) is 0 Å². The monoisotopic (exact) mass is 728 g/mol. The van der Waals surface area contributed by atoms with Crippen LogP contribution in [0.1, 0.15) is 89.0 Å². The number of phenolic OH excluding ortho intramolecular Hbond substituents is 1. The molecular weight excluding hydrogens is 675 g/mol. The maximum Gasteiger partial charge on any atom is 0.255 e. The van der Waals surface area contributed by atoms with Crippen LogP contribution in [0.5, 0.6) is 5.75 Å². The summed E-state index contributed by atoms with van der Waals surface area (Å²) in [4.78, 5) is 46.3. The third-order valence-electron chi connectivity index (χ3n) is 12.5. The van der Waals surface area contributed by atoms with Gasteiger partial charge in [0.2, 0.25) is 11.8 Å². The first-order valence-electron chi connectivity index (χ1n) is 21.9. The van der Waals surface area contributed by atoms with Gasteiger partial charge in [-0.2, -0.15) is 0 Å². The fourth-order valence-corrected chi connectivity index (χ4v) is 9.55. The predicted octanol–water partition coefficient (Wildman–Crippen LogP) is 6.05. The number of benzene rings is 4. The summed E-state index contributed by atoms with van der Waals surface area (Å²) < 4.78 is 42.4. The maximum absolute atomic E-state index is 13.2. The van der Waals surface area contributed by atoms with Gasteiger partial charge in [-0.15, -0.1) is 0 Å². The summed E-state index contributed by atoms with van der Waals surface area (Å²) >= 11 is 0. The van der Waals surface area contributed by atoms with Gasteiger partial charge in [0.15, 0.2) is 0 Å². The van der Waals surface area contributed by atoms with Gasteiger partial charge in [-0.3, -0.25) is 24.6 Å². The van der Waals surface area contributed by atoms with Crippen molar-refractivity contribution in [3.63, 3.8) is 0 Å². The Hall–Kier alpha value is -5.15. The van der Waals surface area contributed by atoms with Gasteiger partial charge in [0, 0.05) is 81.6 Å². The van der Waals surface area contributed by atoms with Crippen molar-refractivity contribution < 1.29 is 26.3 Å². The van der Waals surface area contributed by atoms with Crippen molar-refractivity contribution in [3.8, 4) is 5.75 Å². The van der Waals surface area contributed by atoms with Gasteiger partial charge in [0.1, 0.15) is 11.8 Å². The van der Waals surface area contributed by atoms with Gasteiger partial charge in [-0.05, 0) is 114 Å². The van der Waals surface area contributed by atoms with E-state index in [4.69, 9.17) is 6.85 Å². The smallest absolute Gasteiger partial charge is 0.255 e. The highest BCUT2D eigenvalue weighted by Crippen LogP contribution is 2.47. The molecule has 54 heavy (non-hydrogen) atoms. The number of hydrogen-bond acceptors (Lipinski definition) is 7. The zero-order chi connectivity index (χ0) is 41.1. The zero-order valence-corrected chi connectivity index (χ0v) is 30.4. The number of carbonyl (C=O) groups is 3. The third kappa shape index (κ3) is 6.74. The van der Waals surface area contributed by atoms with Gasteiger partial charge >= 0.3 is 0 Å². The van der Waals surface area contributed by atoms with Crippen LogP contribution >= 0.6 is 0 Å². The Morgan fingerprint density at radius 2 is 1.46 bits per heavy atom. The molecule has 4 heterocycles. The molecule has 3 fully saturated rings. The summed E-state index contributed by atoms with van der Waals surface area (Å²) in [5.74, 6) is -0.573. The number of amides is 3. The van der Waals surface area contributed by atoms with E-state index in [1.165, 1.54) is 0 Å². The number of piperidine rings is 2. The average molecular weight is 729 g/mol. The molecule has 278 valence electrons. The fraction of sp³-hybridized carbons (Fsp3) is 0.400. The summed E-state index contributed by atoms with van der Waals surface area (Å²) in [6.45, 7) is 7.10. The van der Waals surface area contributed by atoms with Crippen LogP contribution in [-0.2, 0) is 22.6 Å². The number of carbonyl (C=O) groups excluding carboxylic acids is 3. The lowest BCUT2D eigenvalue weighted by Gasteiger charge is -2.40. The molecule has 2 N–H and O–H groups in total. The van der Waals surface area contributed by atoms with Gasteiger partial charge < -0.3 is 19.8 Å². The number of imide groups is 1. The molecule has 9 heteroatoms. The van der Waals surface area contributed by atoms with Crippen molar-refractivity contribution in [2.75, 3.05) is 55.6 Å². The molecule has 3 atom stereocenters. The van der Waals surface area contributed by atoms with Crippen molar-refractivity contribution in [3.05, 3.63) is 124 Å². The fourth-order valence-electron chi connectivity index (χ4n) is 9.55. The van der Waals surface area contributed by atoms with Crippen molar-refractivity contribution >= 4 is 29.1 Å². The van der Waals surface area contributed by atoms with E-state index in [-0.39, 0.29) is 66.0 Å². The van der Waals surface area contributed by atoms with Crippen LogP contribution in [0.15, 0.2) is 90.9 Å². The van der Waals surface area contributed by atoms with E-state index < -0.39 is 11.9 Å². The minimum absolute atomic E-state index is 0.144. The number of phenols is 1. The quantitative estimate of drug-likeness (QED) is 0.224. The van der Waals surface area contributed by atoms with Crippen LogP contribution in [0, 0.1) is 5.92 Å². The highest BCUT2D eigenvalue weighted by molar-refractivity contribution is 6.05. The van der Waals surface area contributed by atoms with E-state index in [1.807, 2.05) is 18.2 Å². The molecule has 1 aliphatic carbocycles. The molecule has 9 nitrogen and oxygen atoms in total. The molecule has 0 saturated carbocycles. The Labute approximate surface area is 324 Å². The largest absolute Gasteiger partial charge is 0.508 e. The summed E-state index contributed by atoms with van der Waals surface area (Å²) in [5, 5.41) is 12.7. The number of aryl methyl sites for hydroxylation is 1. The molecule has 9 rings (SSSR count). The lowest BCUT2D eigenvalue weighted by molar-refractivity contribution is -0.136. The summed E-state index contributed by atoms with van der Waals surface area (Å²) in [5.41, 5.74) is 7.23. The normalized spacial score (nSPS) is 25.0. The zero-order valence-electron chi connectivity index (χ0n) is 35.4. The second-order valence-corrected chi connectivity index (χ2v) is 15.6. The summed E-state index contributed by atoms with van der Waals surface area (Å²) in [6, 6.07) is 18.0. The highest BCUT2D eigenvalue weighted by Gasteiger charge is 2.39. The van der Waals surface area contributed by atoms with Crippen LogP contribution < -0.4 is 15.1 Å². The van der Waals surface area contributed by atoms with E-state index in [9.17, 15) is 19.5 Å². The van der Waals surface area contributed by atoms with Gasteiger partial charge in [0.25, 0.3) is 5.91 Å². The van der Waals surface area contributed by atoms with Crippen molar-refractivity contribution in [2.24, 2.45) is 5.92 Å². The number of piperazine rings is 1. The van der Waals surface area contributed by atoms with Crippen LogP contribution in [0.2, 0.25) is 0 Å². The Bertz CT molecular complexity index is 2300. The molecule has 0 bridgehead atoms. The number of aromatic hydroxyl groups is 1. The summed E-state index contributed by atoms with van der Waals surface area (Å²) in [6.07, 6.45) is 4.04. The number of rotatable bonds is 7. The Kier molecular flexibility index (Phi) is 7.90. The molecule has 4 aromatic carbocycles. The maximum atomic E-state index is 13.2.